The Labute approximate surface area is 246 Å². The van der Waals surface area contributed by atoms with E-state index >= 15 is 0 Å². The molecule has 1 spiro atoms. The molecule has 1 heterocycles. The maximum absolute atomic E-state index is 14.1. The van der Waals surface area contributed by atoms with E-state index < -0.39 is 59.0 Å². The van der Waals surface area contributed by atoms with Crippen LogP contribution < -0.4 is 30.0 Å². The molecule has 0 fully saturated rings. The molecule has 2 aromatic rings. The Morgan fingerprint density at radius 2 is 1.76 bits per heavy atom. The van der Waals surface area contributed by atoms with Crippen LogP contribution in [-0.2, 0) is 14.4 Å². The summed E-state index contributed by atoms with van der Waals surface area (Å²) in [5, 5.41) is 24.5. The Morgan fingerprint density at radius 1 is 1.12 bits per heavy atom. The van der Waals surface area contributed by atoms with Gasteiger partial charge in [0.2, 0.25) is 23.2 Å². The van der Waals surface area contributed by atoms with E-state index in [-0.39, 0.29) is 51.3 Å². The number of halogens is 1. The normalized spacial score (nSPS) is 21.0. The fourth-order valence-electron chi connectivity index (χ4n) is 5.39. The zero-order valence-electron chi connectivity index (χ0n) is 23.6. The lowest BCUT2D eigenvalue weighted by Gasteiger charge is -2.38. The summed E-state index contributed by atoms with van der Waals surface area (Å²) in [6.07, 6.45) is -0.679. The summed E-state index contributed by atoms with van der Waals surface area (Å²) in [5.74, 6) is -5.40. The summed E-state index contributed by atoms with van der Waals surface area (Å²) in [6, 6.07) is 4.54. The number of benzene rings is 2. The predicted molar refractivity (Wildman–Crippen MR) is 150 cm³/mol. The van der Waals surface area contributed by atoms with Crippen LogP contribution >= 0.6 is 11.6 Å². The van der Waals surface area contributed by atoms with E-state index in [2.05, 4.69) is 5.32 Å². The molecule has 0 aromatic heterocycles. The van der Waals surface area contributed by atoms with Crippen molar-refractivity contribution in [2.45, 2.75) is 44.2 Å². The molecule has 0 radical (unpaired) electrons. The van der Waals surface area contributed by atoms with Gasteiger partial charge in [-0.3, -0.25) is 19.2 Å². The molecule has 42 heavy (non-hydrogen) atoms. The van der Waals surface area contributed by atoms with Gasteiger partial charge >= 0.3 is 0 Å². The van der Waals surface area contributed by atoms with E-state index in [0.29, 0.717) is 5.56 Å². The molecule has 13 heteroatoms. The van der Waals surface area contributed by atoms with E-state index in [1.807, 2.05) is 0 Å². The third-order valence-electron chi connectivity index (χ3n) is 7.66. The first-order chi connectivity index (χ1) is 19.8. The summed E-state index contributed by atoms with van der Waals surface area (Å²) in [4.78, 5) is 52.4. The number of amides is 2. The number of Topliss-reactive ketones (excluding diaryl/α,β-unsaturated/α-hetero) is 2. The van der Waals surface area contributed by atoms with Crippen molar-refractivity contribution >= 4 is 35.0 Å². The molecule has 0 saturated heterocycles. The number of ketones is 2. The van der Waals surface area contributed by atoms with Gasteiger partial charge in [-0.2, -0.15) is 0 Å². The van der Waals surface area contributed by atoms with Crippen LogP contribution in [0.5, 0.6) is 28.7 Å². The lowest BCUT2D eigenvalue weighted by Crippen LogP contribution is -2.53. The molecule has 2 aromatic carbocycles. The average molecular weight is 603 g/mol. The number of allylic oxidation sites excluding steroid dienone is 1. The number of carbonyl (C=O) groups excluding carboxylic acids is 4. The number of phenolic OH excluding ortho intramolecular Hbond substituents is 1. The van der Waals surface area contributed by atoms with Crippen LogP contribution in [0.15, 0.2) is 35.6 Å². The molecule has 2 amide bonds. The van der Waals surface area contributed by atoms with Crippen LogP contribution in [0.25, 0.3) is 0 Å². The molecule has 224 valence electrons. The van der Waals surface area contributed by atoms with E-state index in [4.69, 9.17) is 36.3 Å². The zero-order valence-corrected chi connectivity index (χ0v) is 24.3. The number of phenols is 1. The minimum Gasteiger partial charge on any atom is -0.507 e. The highest BCUT2D eigenvalue weighted by molar-refractivity contribution is 6.35. The fraction of sp³-hybridized carbons (Fsp3) is 0.379. The van der Waals surface area contributed by atoms with Crippen molar-refractivity contribution in [2.75, 3.05) is 21.3 Å². The Kier molecular flexibility index (Phi) is 8.31. The minimum absolute atomic E-state index is 0.0309. The number of rotatable bonds is 9. The highest BCUT2D eigenvalue weighted by atomic mass is 35.5. The number of methoxy groups -OCH3 is 3. The number of aliphatic hydroxyl groups is 1. The molecular formula is C29H31ClN2O10. The number of primary amides is 1. The topological polar surface area (TPSA) is 184 Å². The summed E-state index contributed by atoms with van der Waals surface area (Å²) in [7, 11) is 4.04. The number of ether oxygens (including phenoxy) is 4. The van der Waals surface area contributed by atoms with Gasteiger partial charge in [0.1, 0.15) is 28.1 Å². The summed E-state index contributed by atoms with van der Waals surface area (Å²) in [5.41, 5.74) is 3.21. The van der Waals surface area contributed by atoms with Crippen molar-refractivity contribution in [3.63, 3.8) is 0 Å². The number of hydrogen-bond donors (Lipinski definition) is 4. The molecule has 2 aliphatic rings. The molecule has 5 N–H and O–H groups in total. The highest BCUT2D eigenvalue weighted by Crippen LogP contribution is 2.56. The first kappa shape index (κ1) is 30.5. The van der Waals surface area contributed by atoms with Crippen LogP contribution in [0.1, 0.15) is 48.5 Å². The van der Waals surface area contributed by atoms with Gasteiger partial charge in [0.25, 0.3) is 0 Å². The lowest BCUT2D eigenvalue weighted by atomic mass is 9.69. The molecule has 12 nitrogen and oxygen atoms in total. The molecular weight excluding hydrogens is 572 g/mol. The number of carbonyl (C=O) groups is 4. The third kappa shape index (κ3) is 4.85. The highest BCUT2D eigenvalue weighted by Gasteiger charge is 2.61. The number of hydrogen-bond acceptors (Lipinski definition) is 10. The zero-order chi connectivity index (χ0) is 31.1. The predicted octanol–water partition coefficient (Wildman–Crippen LogP) is 2.97. The molecule has 1 aliphatic heterocycles. The maximum Gasteiger partial charge on any atom is 0.239 e. The molecule has 4 rings (SSSR count). The number of aromatic hydroxyl groups is 1. The molecule has 4 atom stereocenters. The Balaban J connectivity index is 1.93. The van der Waals surface area contributed by atoms with Gasteiger partial charge < -0.3 is 40.2 Å². The first-order valence-electron chi connectivity index (χ1n) is 12.9. The van der Waals surface area contributed by atoms with Crippen molar-refractivity contribution in [3.05, 3.63) is 51.7 Å². The molecule has 1 aliphatic carbocycles. The van der Waals surface area contributed by atoms with E-state index in [0.717, 1.165) is 0 Å². The smallest absolute Gasteiger partial charge is 0.239 e. The van der Waals surface area contributed by atoms with Gasteiger partial charge in [0, 0.05) is 36.3 Å². The summed E-state index contributed by atoms with van der Waals surface area (Å²) in [6.45, 7) is 2.97. The second kappa shape index (κ2) is 11.4. The Hall–Kier alpha value is -4.45. The molecule has 0 bridgehead atoms. The van der Waals surface area contributed by atoms with Crippen molar-refractivity contribution < 1.29 is 48.3 Å². The van der Waals surface area contributed by atoms with Gasteiger partial charge in [-0.05, 0) is 24.6 Å². The van der Waals surface area contributed by atoms with Crippen LogP contribution in [0, 0.1) is 5.92 Å². The SMILES string of the molecule is COc1cc(C(CC(=O)NC(C)C(N)=O)C2=C(O)C3(Oc4c(Cl)c(OC)cc(OC)c4C3=O)C(C)CC2=O)ccc1O. The van der Waals surface area contributed by atoms with Gasteiger partial charge in [-0.25, -0.2) is 0 Å². The number of nitrogens with one attached hydrogen (secondary N) is 1. The fourth-order valence-corrected chi connectivity index (χ4v) is 5.66. The Bertz CT molecular complexity index is 1520. The largest absolute Gasteiger partial charge is 0.507 e. The van der Waals surface area contributed by atoms with Crippen molar-refractivity contribution in [3.8, 4) is 28.7 Å². The summed E-state index contributed by atoms with van der Waals surface area (Å²) < 4.78 is 22.1. The summed E-state index contributed by atoms with van der Waals surface area (Å²) >= 11 is 6.51. The number of fused-ring (bicyclic) bond motifs is 1. The van der Waals surface area contributed by atoms with Crippen LogP contribution in [-0.4, -0.2) is 66.6 Å². The van der Waals surface area contributed by atoms with Crippen LogP contribution in [0.4, 0.5) is 0 Å². The number of nitrogens with two attached hydrogens (primary N) is 1. The number of aliphatic hydroxyl groups excluding tert-OH is 1. The quantitative estimate of drug-likeness (QED) is 0.333. The van der Waals surface area contributed by atoms with E-state index in [1.54, 1.807) is 6.92 Å². The second-order valence-electron chi connectivity index (χ2n) is 10.1. The second-order valence-corrected chi connectivity index (χ2v) is 10.5. The van der Waals surface area contributed by atoms with Crippen molar-refractivity contribution in [2.24, 2.45) is 11.7 Å². The minimum atomic E-state index is -2.08. The standard InChI is InChI=1S/C29H31ClN2O10/c1-12-8-17(34)22(15(10-21(35)32-13(2)28(31)38)14-6-7-16(33)18(9-14)39-3)26(36)29(12)27(37)23-19(40-4)11-20(41-5)24(30)25(23)42-29/h6-7,9,11-13,15,33,36H,8,10H2,1-5H3,(H2,31,38)(H,32,35). The van der Waals surface area contributed by atoms with Crippen LogP contribution in [0.2, 0.25) is 5.02 Å². The lowest BCUT2D eigenvalue weighted by molar-refractivity contribution is -0.127. The van der Waals surface area contributed by atoms with Crippen molar-refractivity contribution in [1.82, 2.24) is 5.32 Å². The van der Waals surface area contributed by atoms with Crippen molar-refractivity contribution in [1.29, 1.82) is 0 Å². The molecule has 0 saturated carbocycles. The third-order valence-corrected chi connectivity index (χ3v) is 8.02. The van der Waals surface area contributed by atoms with E-state index in [9.17, 15) is 29.4 Å². The first-order valence-corrected chi connectivity index (χ1v) is 13.3. The van der Waals surface area contributed by atoms with Gasteiger partial charge in [-0.15, -0.1) is 0 Å². The van der Waals surface area contributed by atoms with Crippen LogP contribution in [0.3, 0.4) is 0 Å². The Morgan fingerprint density at radius 3 is 2.36 bits per heavy atom. The monoisotopic (exact) mass is 602 g/mol. The van der Waals surface area contributed by atoms with E-state index in [1.165, 1.54) is 52.5 Å². The average Bonchev–Trinajstić information content (AvgIpc) is 3.26. The van der Waals surface area contributed by atoms with Gasteiger partial charge in [0.15, 0.2) is 28.8 Å². The van der Waals surface area contributed by atoms with Gasteiger partial charge in [0.05, 0.1) is 21.3 Å². The van der Waals surface area contributed by atoms with Gasteiger partial charge in [-0.1, -0.05) is 24.6 Å². The molecule has 4 unspecified atom stereocenters. The maximum atomic E-state index is 14.1.